The molecule has 0 radical (unpaired) electrons. The Morgan fingerprint density at radius 1 is 1.40 bits per heavy atom. The molecule has 0 aromatic rings. The number of hydrogen-bond acceptors (Lipinski definition) is 3. The van der Waals surface area contributed by atoms with Crippen LogP contribution in [0.4, 0.5) is 0 Å². The summed E-state index contributed by atoms with van der Waals surface area (Å²) in [5.74, 6) is 1.56. The summed E-state index contributed by atoms with van der Waals surface area (Å²) >= 11 is 0. The Labute approximate surface area is 129 Å². The summed E-state index contributed by atoms with van der Waals surface area (Å²) in [5.41, 5.74) is 0. The predicted octanol–water partition coefficient (Wildman–Crippen LogP) is 1.96. The van der Waals surface area contributed by atoms with Crippen molar-refractivity contribution in [3.8, 4) is 0 Å². The fourth-order valence-electron chi connectivity index (χ4n) is 2.85. The number of halogens is 1. The number of nitrogens with one attached hydrogen (secondary N) is 2. The fraction of sp³-hybridized carbons (Fsp3) is 0.933. The van der Waals surface area contributed by atoms with Gasteiger partial charge in [-0.1, -0.05) is 13.8 Å². The summed E-state index contributed by atoms with van der Waals surface area (Å²) < 4.78 is 0. The van der Waals surface area contributed by atoms with E-state index in [2.05, 4.69) is 24.5 Å². The molecule has 1 aliphatic rings. The van der Waals surface area contributed by atoms with Crippen molar-refractivity contribution in [3.05, 3.63) is 0 Å². The van der Waals surface area contributed by atoms with Crippen molar-refractivity contribution in [2.24, 2.45) is 17.8 Å². The van der Waals surface area contributed by atoms with Crippen LogP contribution in [0.15, 0.2) is 0 Å². The van der Waals surface area contributed by atoms with Crippen LogP contribution in [-0.2, 0) is 4.79 Å². The maximum atomic E-state index is 11.9. The van der Waals surface area contributed by atoms with Crippen LogP contribution in [0.5, 0.6) is 0 Å². The highest BCUT2D eigenvalue weighted by molar-refractivity contribution is 5.85. The van der Waals surface area contributed by atoms with Gasteiger partial charge in [-0.2, -0.15) is 0 Å². The van der Waals surface area contributed by atoms with Crippen LogP contribution in [0, 0.1) is 17.8 Å². The zero-order valence-electron chi connectivity index (χ0n) is 13.0. The maximum Gasteiger partial charge on any atom is 0.220 e. The molecule has 0 aliphatic carbocycles. The molecule has 1 aliphatic heterocycles. The lowest BCUT2D eigenvalue weighted by Crippen LogP contribution is -2.36. The van der Waals surface area contributed by atoms with Gasteiger partial charge in [0.1, 0.15) is 0 Å². The minimum absolute atomic E-state index is 0. The van der Waals surface area contributed by atoms with Gasteiger partial charge in [0.15, 0.2) is 0 Å². The van der Waals surface area contributed by atoms with E-state index < -0.39 is 0 Å². The SMILES string of the molecule is CC(O)CC(C)CNC(=O)CC(C)C1CCCNC1.Cl. The van der Waals surface area contributed by atoms with Crippen LogP contribution >= 0.6 is 12.4 Å². The topological polar surface area (TPSA) is 61.4 Å². The number of carbonyl (C=O) groups excluding carboxylic acids is 1. The highest BCUT2D eigenvalue weighted by Crippen LogP contribution is 2.22. The Hall–Kier alpha value is -0.320. The molecular weight excluding hydrogens is 276 g/mol. The molecule has 120 valence electrons. The third kappa shape index (κ3) is 8.08. The van der Waals surface area contributed by atoms with Crippen molar-refractivity contribution < 1.29 is 9.90 Å². The van der Waals surface area contributed by atoms with E-state index in [9.17, 15) is 9.90 Å². The third-order valence-corrected chi connectivity index (χ3v) is 4.04. The summed E-state index contributed by atoms with van der Waals surface area (Å²) in [5, 5.41) is 15.7. The van der Waals surface area contributed by atoms with E-state index in [1.807, 2.05) is 0 Å². The standard InChI is InChI=1S/C15H30N2O2.ClH/c1-11(7-13(3)18)9-17-15(19)8-12(2)14-5-4-6-16-10-14;/h11-14,16,18H,4-10H2,1-3H3,(H,17,19);1H. The first kappa shape index (κ1) is 19.7. The van der Waals surface area contributed by atoms with Gasteiger partial charge in [0.25, 0.3) is 0 Å². The first-order valence-corrected chi connectivity index (χ1v) is 7.64. The van der Waals surface area contributed by atoms with Gasteiger partial charge in [0, 0.05) is 13.0 Å². The zero-order valence-corrected chi connectivity index (χ0v) is 13.8. The van der Waals surface area contributed by atoms with Crippen LogP contribution < -0.4 is 10.6 Å². The molecule has 4 atom stereocenters. The van der Waals surface area contributed by atoms with Crippen LogP contribution in [0.3, 0.4) is 0 Å². The first-order chi connectivity index (χ1) is 8.99. The summed E-state index contributed by atoms with van der Waals surface area (Å²) in [7, 11) is 0. The predicted molar refractivity (Wildman–Crippen MR) is 85.1 cm³/mol. The maximum absolute atomic E-state index is 11.9. The van der Waals surface area contributed by atoms with Gasteiger partial charge in [-0.3, -0.25) is 4.79 Å². The van der Waals surface area contributed by atoms with Crippen molar-refractivity contribution in [1.82, 2.24) is 10.6 Å². The smallest absolute Gasteiger partial charge is 0.220 e. The summed E-state index contributed by atoms with van der Waals surface area (Å²) in [6.45, 7) is 8.85. The van der Waals surface area contributed by atoms with E-state index in [4.69, 9.17) is 0 Å². The lowest BCUT2D eigenvalue weighted by Gasteiger charge is -2.28. The first-order valence-electron chi connectivity index (χ1n) is 7.64. The largest absolute Gasteiger partial charge is 0.393 e. The van der Waals surface area contributed by atoms with Gasteiger partial charge < -0.3 is 15.7 Å². The molecule has 0 aromatic heterocycles. The summed E-state index contributed by atoms with van der Waals surface area (Å²) in [6, 6.07) is 0. The van der Waals surface area contributed by atoms with Crippen molar-refractivity contribution in [3.63, 3.8) is 0 Å². The molecular formula is C15H31ClN2O2. The highest BCUT2D eigenvalue weighted by Gasteiger charge is 2.22. The second-order valence-corrected chi connectivity index (χ2v) is 6.28. The molecule has 0 bridgehead atoms. The summed E-state index contributed by atoms with van der Waals surface area (Å²) in [4.78, 5) is 11.9. The number of aliphatic hydroxyl groups is 1. The molecule has 3 N–H and O–H groups in total. The fourth-order valence-corrected chi connectivity index (χ4v) is 2.85. The Morgan fingerprint density at radius 2 is 2.10 bits per heavy atom. The number of hydrogen-bond donors (Lipinski definition) is 3. The van der Waals surface area contributed by atoms with Gasteiger partial charge in [0.2, 0.25) is 5.91 Å². The highest BCUT2D eigenvalue weighted by atomic mass is 35.5. The molecule has 5 heteroatoms. The second-order valence-electron chi connectivity index (χ2n) is 6.28. The molecule has 1 rings (SSSR count). The second kappa shape index (κ2) is 10.4. The van der Waals surface area contributed by atoms with Crippen molar-refractivity contribution in [2.45, 2.75) is 52.6 Å². The van der Waals surface area contributed by atoms with Crippen LogP contribution in [0.1, 0.15) is 46.5 Å². The number of aliphatic hydroxyl groups excluding tert-OH is 1. The molecule has 0 aromatic carbocycles. The van der Waals surface area contributed by atoms with E-state index in [1.54, 1.807) is 6.92 Å². The molecule has 0 saturated carbocycles. The molecule has 4 nitrogen and oxygen atoms in total. The average Bonchev–Trinajstić information content (AvgIpc) is 2.36. The van der Waals surface area contributed by atoms with Gasteiger partial charge >= 0.3 is 0 Å². The molecule has 20 heavy (non-hydrogen) atoms. The molecule has 1 saturated heterocycles. The molecule has 1 amide bonds. The average molecular weight is 307 g/mol. The lowest BCUT2D eigenvalue weighted by molar-refractivity contribution is -0.122. The number of piperidine rings is 1. The van der Waals surface area contributed by atoms with Gasteiger partial charge in [-0.25, -0.2) is 0 Å². The van der Waals surface area contributed by atoms with Gasteiger partial charge in [-0.05, 0) is 57.0 Å². The van der Waals surface area contributed by atoms with Crippen molar-refractivity contribution in [2.75, 3.05) is 19.6 Å². The Kier molecular flexibility index (Phi) is 10.2. The zero-order chi connectivity index (χ0) is 14.3. The van der Waals surface area contributed by atoms with Crippen molar-refractivity contribution >= 4 is 18.3 Å². The number of carbonyl (C=O) groups is 1. The molecule has 1 heterocycles. The number of rotatable bonds is 7. The van der Waals surface area contributed by atoms with Gasteiger partial charge in [0.05, 0.1) is 6.10 Å². The lowest BCUT2D eigenvalue weighted by atomic mass is 9.85. The molecule has 4 unspecified atom stereocenters. The van der Waals surface area contributed by atoms with E-state index >= 15 is 0 Å². The van der Waals surface area contributed by atoms with Crippen LogP contribution in [0.25, 0.3) is 0 Å². The normalized spacial score (nSPS) is 23.3. The summed E-state index contributed by atoms with van der Waals surface area (Å²) in [6.07, 6.45) is 3.53. The quantitative estimate of drug-likeness (QED) is 0.674. The van der Waals surface area contributed by atoms with E-state index in [0.29, 0.717) is 30.7 Å². The van der Waals surface area contributed by atoms with E-state index in [0.717, 1.165) is 19.5 Å². The van der Waals surface area contributed by atoms with E-state index in [1.165, 1.54) is 12.8 Å². The minimum atomic E-state index is -0.292. The van der Waals surface area contributed by atoms with Crippen LogP contribution in [-0.4, -0.2) is 36.8 Å². The minimum Gasteiger partial charge on any atom is -0.393 e. The molecule has 0 spiro atoms. The monoisotopic (exact) mass is 306 g/mol. The van der Waals surface area contributed by atoms with Crippen molar-refractivity contribution in [1.29, 1.82) is 0 Å². The Balaban J connectivity index is 0.00000361. The Bertz CT molecular complexity index is 269. The van der Waals surface area contributed by atoms with Crippen LogP contribution in [0.2, 0.25) is 0 Å². The van der Waals surface area contributed by atoms with Gasteiger partial charge in [-0.15, -0.1) is 12.4 Å². The third-order valence-electron chi connectivity index (χ3n) is 4.04. The number of amides is 1. The Morgan fingerprint density at radius 3 is 2.65 bits per heavy atom. The van der Waals surface area contributed by atoms with E-state index in [-0.39, 0.29) is 24.4 Å². The molecule has 1 fully saturated rings.